The summed E-state index contributed by atoms with van der Waals surface area (Å²) in [5, 5.41) is 20.7. The van der Waals surface area contributed by atoms with E-state index >= 15 is 0 Å². The van der Waals surface area contributed by atoms with E-state index in [0.717, 1.165) is 10.8 Å². The summed E-state index contributed by atoms with van der Waals surface area (Å²) in [5.41, 5.74) is -0.166. The molecule has 1 N–H and O–H groups in total. The molecule has 0 amide bonds. The van der Waals surface area contributed by atoms with Gasteiger partial charge >= 0.3 is 1.43 Å². The molecule has 0 bridgehead atoms. The molecule has 1 heterocycles. The molecule has 0 saturated carbocycles. The molecular formula is C9H17N2O2. The van der Waals surface area contributed by atoms with E-state index < -0.39 is 11.1 Å². The van der Waals surface area contributed by atoms with Crippen LogP contribution in [0.5, 0.6) is 0 Å². The van der Waals surface area contributed by atoms with E-state index in [1.54, 1.807) is 0 Å². The van der Waals surface area contributed by atoms with Crippen molar-refractivity contribution in [3.05, 3.63) is 0 Å². The number of hydrogen-bond acceptors (Lipinski definition) is 3. The van der Waals surface area contributed by atoms with Crippen LogP contribution in [0, 0.1) is 0 Å². The predicted octanol–water partition coefficient (Wildman–Crippen LogP) is 1.82. The van der Waals surface area contributed by atoms with Crippen LogP contribution in [0.2, 0.25) is 1.43 Å². The molecule has 4 heteroatoms. The first-order chi connectivity index (χ1) is 6.29. The smallest absolute Gasteiger partial charge is 0.330 e. The largest absolute Gasteiger partial charge is 0.411 e. The van der Waals surface area contributed by atoms with Crippen LogP contribution >= 0.6 is 0 Å². The molecule has 0 spiro atoms. The van der Waals surface area contributed by atoms with Gasteiger partial charge in [0, 0.05) is 23.9 Å². The highest BCUT2D eigenvalue weighted by molar-refractivity contribution is 5.86. The van der Waals surface area contributed by atoms with Gasteiger partial charge in [0.15, 0.2) is 0 Å². The molecule has 0 aromatic heterocycles. The van der Waals surface area contributed by atoms with Crippen LogP contribution < -0.4 is 0 Å². The number of oxime groups is 1. The van der Waals surface area contributed by atoms with E-state index in [1.807, 2.05) is 27.7 Å². The topological polar surface area (TPSA) is 55.7 Å². The minimum absolute atomic E-state index is 0.473. The number of rotatable bonds is 1. The highest BCUT2D eigenvalue weighted by atomic mass is 16.5. The molecule has 0 aromatic carbocycles. The zero-order chi connectivity index (χ0) is 11.0. The molecule has 1 fully saturated rings. The van der Waals surface area contributed by atoms with Crippen LogP contribution in [0.3, 0.4) is 0 Å². The van der Waals surface area contributed by atoms with Crippen molar-refractivity contribution in [3.8, 4) is 0 Å². The molecule has 1 saturated heterocycles. The zero-order valence-electron chi connectivity index (χ0n) is 9.63. The quantitative estimate of drug-likeness (QED) is 0.501. The lowest BCUT2D eigenvalue weighted by atomic mass is 9.81. The number of piperidine rings is 1. The molecule has 1 radical (unpaired) electrons. The van der Waals surface area contributed by atoms with Gasteiger partial charge in [-0.1, -0.05) is 5.16 Å². The average molecular weight is 186 g/mol. The summed E-state index contributed by atoms with van der Waals surface area (Å²) in [7, 11) is 0. The standard InChI is InChI=1S/C9H17N2O2/c1-8(2)5-7(10-12)6-9(3,4)11(8)13/h12H,5-6H2,1-4H3/i/hD. The summed E-state index contributed by atoms with van der Waals surface area (Å²) in [6.45, 7) is 7.50. The molecule has 1 rings (SSSR count). The van der Waals surface area contributed by atoms with Crippen molar-refractivity contribution in [2.75, 3.05) is 0 Å². The summed E-state index contributed by atoms with van der Waals surface area (Å²) >= 11 is 0. The Morgan fingerprint density at radius 3 is 2.23 bits per heavy atom. The third-order valence-corrected chi connectivity index (χ3v) is 2.50. The van der Waals surface area contributed by atoms with Crippen LogP contribution in [0.25, 0.3) is 0 Å². The Balaban J connectivity index is 2.92. The van der Waals surface area contributed by atoms with Crippen molar-refractivity contribution >= 4 is 5.71 Å². The van der Waals surface area contributed by atoms with E-state index in [0.29, 0.717) is 12.8 Å². The summed E-state index contributed by atoms with van der Waals surface area (Å²) in [6.07, 6.45) is 1.11. The molecule has 1 aliphatic rings. The number of hydrogen-bond donors (Lipinski definition) is 1. The van der Waals surface area contributed by atoms with Crippen molar-refractivity contribution in [2.45, 2.75) is 51.6 Å². The first kappa shape index (κ1) is 8.97. The maximum Gasteiger partial charge on any atom is 0.330 e. The molecule has 75 valence electrons. The van der Waals surface area contributed by atoms with Gasteiger partial charge in [-0.25, -0.2) is 0 Å². The Bertz CT molecular complexity index is 231. The second-order valence-corrected chi connectivity index (χ2v) is 4.93. The number of hydroxylamine groups is 2. The van der Waals surface area contributed by atoms with E-state index in [-0.39, 0.29) is 0 Å². The molecular weight excluding hydrogens is 168 g/mol. The Labute approximate surface area is 80.3 Å². The Kier molecular flexibility index (Phi) is 2.04. The minimum atomic E-state index is -0.473. The minimum Gasteiger partial charge on any atom is -0.411 e. The van der Waals surface area contributed by atoms with Crippen LogP contribution in [0.4, 0.5) is 0 Å². The predicted molar refractivity (Wildman–Crippen MR) is 49.1 cm³/mol. The molecule has 1 aliphatic heterocycles. The van der Waals surface area contributed by atoms with Crippen molar-refractivity contribution in [2.24, 2.45) is 5.16 Å². The monoisotopic (exact) mass is 186 g/mol. The number of nitrogens with zero attached hydrogens (tertiary/aromatic N) is 2. The van der Waals surface area contributed by atoms with Crippen molar-refractivity contribution in [3.63, 3.8) is 0 Å². The van der Waals surface area contributed by atoms with Crippen LogP contribution in [0.1, 0.15) is 40.5 Å². The third-order valence-electron chi connectivity index (χ3n) is 2.50. The Morgan fingerprint density at radius 2 is 1.85 bits per heavy atom. The average Bonchev–Trinajstić information content (AvgIpc) is 1.99. The zero-order valence-corrected chi connectivity index (χ0v) is 8.63. The van der Waals surface area contributed by atoms with Crippen LogP contribution in [-0.2, 0) is 5.21 Å². The molecule has 0 aromatic rings. The Hall–Kier alpha value is -0.610. The van der Waals surface area contributed by atoms with E-state index in [2.05, 4.69) is 10.4 Å². The highest BCUT2D eigenvalue weighted by Crippen LogP contribution is 2.35. The van der Waals surface area contributed by atoms with Gasteiger partial charge in [-0.05, 0) is 27.7 Å². The fourth-order valence-corrected chi connectivity index (χ4v) is 2.09. The van der Waals surface area contributed by atoms with Crippen molar-refractivity contribution in [1.82, 2.24) is 5.06 Å². The van der Waals surface area contributed by atoms with Gasteiger partial charge in [-0.3, -0.25) is 0 Å². The maximum atomic E-state index is 11.9. The molecule has 0 atom stereocenters. The maximum absolute atomic E-state index is 11.9. The lowest BCUT2D eigenvalue weighted by Gasteiger charge is -2.46. The fraction of sp³-hybridized carbons (Fsp3) is 0.889. The van der Waals surface area contributed by atoms with Crippen molar-refractivity contribution < 1.29 is 11.8 Å². The lowest BCUT2D eigenvalue weighted by Crippen LogP contribution is -2.58. The van der Waals surface area contributed by atoms with Gasteiger partial charge in [0.25, 0.3) is 0 Å². The SMILES string of the molecule is [2H]ON=C1CC(C)(C)N([O])C(C)(C)C1. The van der Waals surface area contributed by atoms with Crippen LogP contribution in [0.15, 0.2) is 5.16 Å². The molecule has 0 aliphatic carbocycles. The summed E-state index contributed by atoms with van der Waals surface area (Å²) < 4.78 is 6.57. The van der Waals surface area contributed by atoms with Gasteiger partial charge < -0.3 is 5.21 Å². The summed E-state index contributed by atoms with van der Waals surface area (Å²) in [4.78, 5) is 0. The first-order valence-electron chi connectivity index (χ1n) is 4.86. The first-order valence-corrected chi connectivity index (χ1v) is 4.45. The van der Waals surface area contributed by atoms with Gasteiger partial charge in [0.05, 0.1) is 5.71 Å². The van der Waals surface area contributed by atoms with E-state index in [4.69, 9.17) is 1.43 Å². The van der Waals surface area contributed by atoms with Gasteiger partial charge in [0.2, 0.25) is 0 Å². The van der Waals surface area contributed by atoms with Gasteiger partial charge in [-0.2, -0.15) is 0 Å². The van der Waals surface area contributed by atoms with Gasteiger partial charge in [-0.15, -0.1) is 10.3 Å². The molecule has 13 heavy (non-hydrogen) atoms. The van der Waals surface area contributed by atoms with E-state index in [1.165, 1.54) is 0 Å². The van der Waals surface area contributed by atoms with Gasteiger partial charge in [0.1, 0.15) is 0 Å². The second-order valence-electron chi connectivity index (χ2n) is 4.93. The highest BCUT2D eigenvalue weighted by Gasteiger charge is 2.44. The molecule has 4 nitrogen and oxygen atoms in total. The second kappa shape index (κ2) is 2.96. The third kappa shape index (κ3) is 1.84. The molecule has 0 unspecified atom stereocenters. The normalized spacial score (nSPS) is 28.1. The summed E-state index contributed by atoms with van der Waals surface area (Å²) in [5.74, 6) is 0. The lowest BCUT2D eigenvalue weighted by molar-refractivity contribution is -0.273. The summed E-state index contributed by atoms with van der Waals surface area (Å²) in [6, 6.07) is 0. The van der Waals surface area contributed by atoms with E-state index in [9.17, 15) is 5.21 Å². The Morgan fingerprint density at radius 1 is 1.38 bits per heavy atom. The fourth-order valence-electron chi connectivity index (χ4n) is 2.09. The van der Waals surface area contributed by atoms with Crippen molar-refractivity contribution in [1.29, 1.82) is 0 Å². The van der Waals surface area contributed by atoms with Crippen LogP contribution in [-0.4, -0.2) is 27.1 Å².